The molecule has 0 aliphatic carbocycles. The lowest BCUT2D eigenvalue weighted by atomic mass is 10.2. The van der Waals surface area contributed by atoms with E-state index in [2.05, 4.69) is 31.2 Å². The molecule has 1 aromatic heterocycles. The number of amides is 1. The van der Waals surface area contributed by atoms with Crippen molar-refractivity contribution < 1.29 is 9.53 Å². The largest absolute Gasteiger partial charge is 0.445 e. The number of carbonyl (C=O) groups excluding carboxylic acids is 1. The van der Waals surface area contributed by atoms with Crippen molar-refractivity contribution in [2.24, 2.45) is 0 Å². The molecule has 0 saturated heterocycles. The number of aromatic nitrogens is 2. The Morgan fingerprint density at radius 3 is 2.76 bits per heavy atom. The number of nitrogens with zero attached hydrogens (tertiary/aromatic N) is 2. The Hall–Kier alpha value is -2.21. The number of benzene rings is 1. The van der Waals surface area contributed by atoms with E-state index in [4.69, 9.17) is 4.74 Å². The molecule has 2 rings (SSSR count). The monoisotopic (exact) mass is 347 g/mol. The fourth-order valence-corrected chi connectivity index (χ4v) is 1.71. The predicted octanol–water partition coefficient (Wildman–Crippen LogP) is 3.18. The third-order valence-electron chi connectivity index (χ3n) is 2.51. The van der Waals surface area contributed by atoms with Crippen molar-refractivity contribution in [3.63, 3.8) is 0 Å². The summed E-state index contributed by atoms with van der Waals surface area (Å²) in [7, 11) is 0. The van der Waals surface area contributed by atoms with Crippen molar-refractivity contribution in [1.82, 2.24) is 15.3 Å². The first-order chi connectivity index (χ1) is 10.2. The van der Waals surface area contributed by atoms with Crippen LogP contribution in [-0.2, 0) is 11.3 Å². The van der Waals surface area contributed by atoms with E-state index in [1.807, 2.05) is 30.3 Å². The average molecular weight is 348 g/mol. The van der Waals surface area contributed by atoms with Crippen LogP contribution in [0.5, 0.6) is 0 Å². The highest BCUT2D eigenvalue weighted by atomic mass is 79.9. The predicted molar refractivity (Wildman–Crippen MR) is 83.4 cm³/mol. The van der Waals surface area contributed by atoms with Crippen LogP contribution in [0.2, 0.25) is 0 Å². The first kappa shape index (κ1) is 15.2. The number of nitrogens with one attached hydrogen (secondary N) is 1. The molecule has 21 heavy (non-hydrogen) atoms. The van der Waals surface area contributed by atoms with E-state index < -0.39 is 6.09 Å². The normalized spacial score (nSPS) is 10.5. The van der Waals surface area contributed by atoms with E-state index >= 15 is 0 Å². The van der Waals surface area contributed by atoms with Gasteiger partial charge in [-0.3, -0.25) is 4.98 Å². The molecule has 108 valence electrons. The van der Waals surface area contributed by atoms with Crippen LogP contribution >= 0.6 is 15.9 Å². The first-order valence-electron chi connectivity index (χ1n) is 6.32. The molecule has 0 unspecified atom stereocenters. The molecule has 1 heterocycles. The number of rotatable bonds is 5. The highest BCUT2D eigenvalue weighted by molar-refractivity contribution is 9.10. The standard InChI is InChI=1S/C15H14BrN3O2/c16-14-10-18-13(9-19-14)7-4-8-17-15(20)21-11-12-5-2-1-3-6-12/h1-7,9-10H,8,11H2,(H,17,20). The second-order valence-electron chi connectivity index (χ2n) is 4.11. The molecular weight excluding hydrogens is 334 g/mol. The molecule has 1 N–H and O–H groups in total. The summed E-state index contributed by atoms with van der Waals surface area (Å²) < 4.78 is 5.76. The lowest BCUT2D eigenvalue weighted by Crippen LogP contribution is -2.24. The zero-order valence-electron chi connectivity index (χ0n) is 11.2. The molecule has 0 atom stereocenters. The second kappa shape index (κ2) is 8.16. The van der Waals surface area contributed by atoms with Gasteiger partial charge >= 0.3 is 6.09 Å². The summed E-state index contributed by atoms with van der Waals surface area (Å²) >= 11 is 3.21. The van der Waals surface area contributed by atoms with Crippen LogP contribution in [0.25, 0.3) is 6.08 Å². The molecule has 1 amide bonds. The van der Waals surface area contributed by atoms with Gasteiger partial charge in [-0.05, 0) is 27.6 Å². The number of ether oxygens (including phenoxy) is 1. The third-order valence-corrected chi connectivity index (χ3v) is 2.92. The van der Waals surface area contributed by atoms with E-state index in [-0.39, 0.29) is 6.61 Å². The number of halogens is 1. The molecule has 2 aromatic rings. The summed E-state index contributed by atoms with van der Waals surface area (Å²) in [5.41, 5.74) is 1.67. The summed E-state index contributed by atoms with van der Waals surface area (Å²) in [4.78, 5) is 19.6. The Kier molecular flexibility index (Phi) is 5.90. The number of hydrogen-bond donors (Lipinski definition) is 1. The number of hydrogen-bond acceptors (Lipinski definition) is 4. The van der Waals surface area contributed by atoms with E-state index in [9.17, 15) is 4.79 Å². The van der Waals surface area contributed by atoms with Crippen LogP contribution < -0.4 is 5.32 Å². The average Bonchev–Trinajstić information content (AvgIpc) is 2.52. The van der Waals surface area contributed by atoms with Gasteiger partial charge in [0, 0.05) is 6.54 Å². The minimum absolute atomic E-state index is 0.259. The highest BCUT2D eigenvalue weighted by Crippen LogP contribution is 2.03. The van der Waals surface area contributed by atoms with Crippen molar-refractivity contribution in [3.05, 3.63) is 64.7 Å². The smallest absolute Gasteiger partial charge is 0.407 e. The lowest BCUT2D eigenvalue weighted by Gasteiger charge is -2.05. The van der Waals surface area contributed by atoms with Gasteiger partial charge in [-0.2, -0.15) is 0 Å². The minimum Gasteiger partial charge on any atom is -0.445 e. The molecule has 0 saturated carbocycles. The molecular formula is C15H14BrN3O2. The van der Waals surface area contributed by atoms with Crippen molar-refractivity contribution in [2.75, 3.05) is 6.54 Å². The summed E-state index contributed by atoms with van der Waals surface area (Å²) in [6.07, 6.45) is 6.35. The fraction of sp³-hybridized carbons (Fsp3) is 0.133. The SMILES string of the molecule is O=C(NCC=Cc1cnc(Br)cn1)OCc1ccccc1. The van der Waals surface area contributed by atoms with Crippen LogP contribution in [0, 0.1) is 0 Å². The van der Waals surface area contributed by atoms with Gasteiger partial charge in [-0.1, -0.05) is 36.4 Å². The molecule has 0 bridgehead atoms. The summed E-state index contributed by atoms with van der Waals surface area (Å²) in [6.45, 7) is 0.625. The minimum atomic E-state index is -0.453. The van der Waals surface area contributed by atoms with Gasteiger partial charge in [-0.25, -0.2) is 9.78 Å². The maximum Gasteiger partial charge on any atom is 0.407 e. The van der Waals surface area contributed by atoms with Crippen LogP contribution in [0.3, 0.4) is 0 Å². The van der Waals surface area contributed by atoms with Gasteiger partial charge in [0.1, 0.15) is 11.2 Å². The quantitative estimate of drug-likeness (QED) is 0.901. The highest BCUT2D eigenvalue weighted by Gasteiger charge is 2.00. The maximum absolute atomic E-state index is 11.5. The van der Waals surface area contributed by atoms with Crippen molar-refractivity contribution in [1.29, 1.82) is 0 Å². The fourth-order valence-electron chi connectivity index (χ4n) is 1.50. The lowest BCUT2D eigenvalue weighted by molar-refractivity contribution is 0.141. The number of alkyl carbamates (subject to hydrolysis) is 1. The summed E-state index contributed by atoms with van der Waals surface area (Å²) in [6, 6.07) is 9.52. The second-order valence-corrected chi connectivity index (χ2v) is 4.92. The topological polar surface area (TPSA) is 64.1 Å². The molecule has 0 aliphatic rings. The van der Waals surface area contributed by atoms with E-state index in [1.54, 1.807) is 24.5 Å². The van der Waals surface area contributed by atoms with Crippen LogP contribution in [0.1, 0.15) is 11.3 Å². The zero-order valence-corrected chi connectivity index (χ0v) is 12.8. The van der Waals surface area contributed by atoms with E-state index in [1.165, 1.54) is 0 Å². The van der Waals surface area contributed by atoms with Gasteiger partial charge in [-0.15, -0.1) is 0 Å². The van der Waals surface area contributed by atoms with Gasteiger partial charge in [0.25, 0.3) is 0 Å². The van der Waals surface area contributed by atoms with Crippen LogP contribution in [0.15, 0.2) is 53.4 Å². The Morgan fingerprint density at radius 2 is 2.05 bits per heavy atom. The van der Waals surface area contributed by atoms with Gasteiger partial charge in [0.15, 0.2) is 0 Å². The Labute approximate surface area is 131 Å². The van der Waals surface area contributed by atoms with Crippen molar-refractivity contribution in [2.45, 2.75) is 6.61 Å². The first-order valence-corrected chi connectivity index (χ1v) is 7.12. The van der Waals surface area contributed by atoms with Crippen molar-refractivity contribution in [3.8, 4) is 0 Å². The maximum atomic E-state index is 11.5. The molecule has 0 aliphatic heterocycles. The molecule has 5 nitrogen and oxygen atoms in total. The molecule has 0 spiro atoms. The van der Waals surface area contributed by atoms with E-state index in [0.29, 0.717) is 11.1 Å². The molecule has 1 aromatic carbocycles. The molecule has 6 heteroatoms. The van der Waals surface area contributed by atoms with Crippen LogP contribution in [-0.4, -0.2) is 22.6 Å². The van der Waals surface area contributed by atoms with Gasteiger partial charge < -0.3 is 10.1 Å². The van der Waals surface area contributed by atoms with Gasteiger partial charge in [0.2, 0.25) is 0 Å². The van der Waals surface area contributed by atoms with Gasteiger partial charge in [0.05, 0.1) is 18.1 Å². The zero-order chi connectivity index (χ0) is 14.9. The number of carbonyl (C=O) groups is 1. The molecule has 0 fully saturated rings. The Morgan fingerprint density at radius 1 is 1.24 bits per heavy atom. The molecule has 0 radical (unpaired) electrons. The van der Waals surface area contributed by atoms with Crippen LogP contribution in [0.4, 0.5) is 4.79 Å². The van der Waals surface area contributed by atoms with Crippen molar-refractivity contribution >= 4 is 28.1 Å². The van der Waals surface area contributed by atoms with E-state index in [0.717, 1.165) is 11.3 Å². The summed E-state index contributed by atoms with van der Waals surface area (Å²) in [5.74, 6) is 0. The third kappa shape index (κ3) is 5.74. The summed E-state index contributed by atoms with van der Waals surface area (Å²) in [5, 5.41) is 2.63. The Bertz CT molecular complexity index is 600. The Balaban J connectivity index is 1.68.